The van der Waals surface area contributed by atoms with Gasteiger partial charge in [-0.3, -0.25) is 19.3 Å². The molecule has 1 amide bonds. The van der Waals surface area contributed by atoms with Gasteiger partial charge < -0.3 is 0 Å². The lowest BCUT2D eigenvalue weighted by molar-refractivity contribution is 0.0948. The number of rotatable bonds is 3. The van der Waals surface area contributed by atoms with E-state index in [-0.39, 0.29) is 0 Å². The summed E-state index contributed by atoms with van der Waals surface area (Å²) in [5.41, 5.74) is 3.20. The van der Waals surface area contributed by atoms with Crippen LogP contribution < -0.4 is 11.3 Å². The number of hydrogen-bond acceptors (Lipinski definition) is 5. The van der Waals surface area contributed by atoms with Crippen LogP contribution in [-0.2, 0) is 17.3 Å². The maximum atomic E-state index is 11.3. The number of hydrazine groups is 1. The quantitative estimate of drug-likeness (QED) is 0.428. The highest BCUT2D eigenvalue weighted by Gasteiger charge is 2.16. The molecule has 1 aromatic rings. The van der Waals surface area contributed by atoms with Gasteiger partial charge in [-0.1, -0.05) is 6.07 Å². The molecule has 0 radical (unpaired) electrons. The molecule has 98 valence electrons. The summed E-state index contributed by atoms with van der Waals surface area (Å²) in [5.74, 6) is 6.10. The molecule has 0 aliphatic carbocycles. The van der Waals surface area contributed by atoms with Crippen molar-refractivity contribution in [3.05, 3.63) is 29.6 Å². The molecular formula is C11H16N4O2S. The molecule has 7 heteroatoms. The highest BCUT2D eigenvalue weighted by molar-refractivity contribution is 7.85. The van der Waals surface area contributed by atoms with Crippen LogP contribution in [0.5, 0.6) is 0 Å². The minimum atomic E-state index is -0.675. The second-order valence-electron chi connectivity index (χ2n) is 4.11. The summed E-state index contributed by atoms with van der Waals surface area (Å²) in [6.45, 7) is 2.28. The van der Waals surface area contributed by atoms with Crippen LogP contribution in [0.25, 0.3) is 0 Å². The maximum Gasteiger partial charge on any atom is 0.283 e. The van der Waals surface area contributed by atoms with E-state index in [2.05, 4.69) is 15.3 Å². The molecule has 0 saturated carbocycles. The first-order valence-corrected chi connectivity index (χ1v) is 7.22. The molecule has 0 aromatic carbocycles. The number of nitrogens with zero attached hydrogens (tertiary/aromatic N) is 2. The monoisotopic (exact) mass is 268 g/mol. The zero-order valence-electron chi connectivity index (χ0n) is 9.96. The minimum absolute atomic E-state index is 0.315. The third-order valence-electron chi connectivity index (χ3n) is 2.83. The summed E-state index contributed by atoms with van der Waals surface area (Å²) in [6, 6.07) is 5.28. The highest BCUT2D eigenvalue weighted by Crippen LogP contribution is 2.07. The summed E-state index contributed by atoms with van der Waals surface area (Å²) in [4.78, 5) is 17.8. The third kappa shape index (κ3) is 3.34. The van der Waals surface area contributed by atoms with Gasteiger partial charge >= 0.3 is 0 Å². The first-order chi connectivity index (χ1) is 8.69. The fourth-order valence-electron chi connectivity index (χ4n) is 1.83. The van der Waals surface area contributed by atoms with Crippen molar-refractivity contribution in [2.45, 2.75) is 6.54 Å². The SMILES string of the molecule is NNC(=O)c1cccc(CN2CCS(=O)CC2)n1. The predicted molar refractivity (Wildman–Crippen MR) is 69.0 cm³/mol. The van der Waals surface area contributed by atoms with Crippen molar-refractivity contribution in [2.75, 3.05) is 24.6 Å². The van der Waals surface area contributed by atoms with Crippen molar-refractivity contribution < 1.29 is 9.00 Å². The van der Waals surface area contributed by atoms with Crippen molar-refractivity contribution >= 4 is 16.7 Å². The van der Waals surface area contributed by atoms with Gasteiger partial charge in [0.25, 0.3) is 5.91 Å². The van der Waals surface area contributed by atoms with Crippen LogP contribution in [0, 0.1) is 0 Å². The Kier molecular flexibility index (Phi) is 4.40. The molecule has 6 nitrogen and oxygen atoms in total. The standard InChI is InChI=1S/C11H16N4O2S/c12-14-11(16)10-3-1-2-9(13-10)8-15-4-6-18(17)7-5-15/h1-3H,4-8,12H2,(H,14,16). The van der Waals surface area contributed by atoms with E-state index in [1.54, 1.807) is 12.1 Å². The van der Waals surface area contributed by atoms with Crippen LogP contribution in [0.1, 0.15) is 16.2 Å². The normalized spacial score (nSPS) is 17.6. The van der Waals surface area contributed by atoms with Crippen molar-refractivity contribution in [1.29, 1.82) is 0 Å². The van der Waals surface area contributed by atoms with E-state index in [1.807, 2.05) is 6.07 Å². The Bertz CT molecular complexity index is 456. The van der Waals surface area contributed by atoms with E-state index >= 15 is 0 Å². The predicted octanol–water partition coefficient (Wildman–Crippen LogP) is -0.751. The van der Waals surface area contributed by atoms with Crippen LogP contribution >= 0.6 is 0 Å². The second kappa shape index (κ2) is 6.03. The molecule has 0 bridgehead atoms. The molecular weight excluding hydrogens is 252 g/mol. The summed E-state index contributed by atoms with van der Waals surface area (Å²) < 4.78 is 11.2. The molecule has 1 aliphatic rings. The maximum absolute atomic E-state index is 11.3. The Morgan fingerprint density at radius 1 is 1.44 bits per heavy atom. The van der Waals surface area contributed by atoms with E-state index in [0.29, 0.717) is 23.7 Å². The van der Waals surface area contributed by atoms with Gasteiger partial charge in [0.15, 0.2) is 0 Å². The van der Waals surface area contributed by atoms with Crippen molar-refractivity contribution in [2.24, 2.45) is 5.84 Å². The topological polar surface area (TPSA) is 88.3 Å². The molecule has 3 N–H and O–H groups in total. The summed E-state index contributed by atoms with van der Waals surface area (Å²) >= 11 is 0. The van der Waals surface area contributed by atoms with Gasteiger partial charge in [0.05, 0.1) is 5.69 Å². The van der Waals surface area contributed by atoms with Crippen LogP contribution in [0.3, 0.4) is 0 Å². The molecule has 2 rings (SSSR count). The lowest BCUT2D eigenvalue weighted by atomic mass is 10.2. The van der Waals surface area contributed by atoms with E-state index in [0.717, 1.165) is 18.8 Å². The summed E-state index contributed by atoms with van der Waals surface area (Å²) in [6.07, 6.45) is 0. The Labute approximate surface area is 108 Å². The van der Waals surface area contributed by atoms with Gasteiger partial charge in [-0.05, 0) is 12.1 Å². The van der Waals surface area contributed by atoms with Crippen LogP contribution in [-0.4, -0.2) is 44.6 Å². The van der Waals surface area contributed by atoms with Gasteiger partial charge in [-0.15, -0.1) is 0 Å². The number of nitrogens with two attached hydrogens (primary N) is 1. The van der Waals surface area contributed by atoms with E-state index < -0.39 is 16.7 Å². The second-order valence-corrected chi connectivity index (χ2v) is 5.81. The highest BCUT2D eigenvalue weighted by atomic mass is 32.2. The number of aromatic nitrogens is 1. The smallest absolute Gasteiger partial charge is 0.283 e. The molecule has 1 saturated heterocycles. The van der Waals surface area contributed by atoms with Gasteiger partial charge in [0.1, 0.15) is 5.69 Å². The molecule has 1 aliphatic heterocycles. The van der Waals surface area contributed by atoms with Crippen molar-refractivity contribution in [3.8, 4) is 0 Å². The van der Waals surface area contributed by atoms with E-state index in [4.69, 9.17) is 5.84 Å². The largest absolute Gasteiger partial charge is 0.296 e. The van der Waals surface area contributed by atoms with Crippen LogP contribution in [0.4, 0.5) is 0 Å². The number of carbonyl (C=O) groups excluding carboxylic acids is 1. The molecule has 1 fully saturated rings. The fourth-order valence-corrected chi connectivity index (χ4v) is 2.96. The Balaban J connectivity index is 2.01. The Morgan fingerprint density at radius 2 is 2.17 bits per heavy atom. The molecule has 2 heterocycles. The fraction of sp³-hybridized carbons (Fsp3) is 0.455. The number of hydrogen-bond donors (Lipinski definition) is 2. The average molecular weight is 268 g/mol. The first kappa shape index (κ1) is 13.1. The number of nitrogens with one attached hydrogen (secondary N) is 1. The number of pyridine rings is 1. The van der Waals surface area contributed by atoms with E-state index in [1.165, 1.54) is 0 Å². The first-order valence-electron chi connectivity index (χ1n) is 5.73. The van der Waals surface area contributed by atoms with Gasteiger partial charge in [0.2, 0.25) is 0 Å². The zero-order valence-corrected chi connectivity index (χ0v) is 10.8. The van der Waals surface area contributed by atoms with Gasteiger partial charge in [-0.2, -0.15) is 0 Å². The molecule has 0 atom stereocenters. The molecule has 1 aromatic heterocycles. The zero-order chi connectivity index (χ0) is 13.0. The van der Waals surface area contributed by atoms with Gasteiger partial charge in [0, 0.05) is 41.9 Å². The Hall–Kier alpha value is -1.31. The number of nitrogen functional groups attached to an aromatic ring is 1. The molecule has 18 heavy (non-hydrogen) atoms. The number of carbonyl (C=O) groups is 1. The van der Waals surface area contributed by atoms with Crippen LogP contribution in [0.15, 0.2) is 18.2 Å². The third-order valence-corrected chi connectivity index (χ3v) is 4.10. The van der Waals surface area contributed by atoms with Crippen molar-refractivity contribution in [3.63, 3.8) is 0 Å². The van der Waals surface area contributed by atoms with E-state index in [9.17, 15) is 9.00 Å². The summed E-state index contributed by atoms with van der Waals surface area (Å²) in [5, 5.41) is 0. The van der Waals surface area contributed by atoms with Crippen LogP contribution in [0.2, 0.25) is 0 Å². The summed E-state index contributed by atoms with van der Waals surface area (Å²) in [7, 11) is -0.675. The van der Waals surface area contributed by atoms with Crippen molar-refractivity contribution in [1.82, 2.24) is 15.3 Å². The molecule has 0 spiro atoms. The number of amides is 1. The lowest BCUT2D eigenvalue weighted by Gasteiger charge is -2.25. The average Bonchev–Trinajstić information content (AvgIpc) is 2.41. The van der Waals surface area contributed by atoms with Gasteiger partial charge in [-0.25, -0.2) is 10.8 Å². The molecule has 0 unspecified atom stereocenters. The lowest BCUT2D eigenvalue weighted by Crippen LogP contribution is -2.37. The Morgan fingerprint density at radius 3 is 2.83 bits per heavy atom. The minimum Gasteiger partial charge on any atom is -0.296 e.